The van der Waals surface area contributed by atoms with E-state index < -0.39 is 8.07 Å². The van der Waals surface area contributed by atoms with Gasteiger partial charge in [0.2, 0.25) is 8.07 Å². The van der Waals surface area contributed by atoms with E-state index in [0.29, 0.717) is 0 Å². The topological polar surface area (TPSA) is 0 Å². The zero-order valence-electron chi connectivity index (χ0n) is 9.45. The lowest BCUT2D eigenvalue weighted by Crippen LogP contribution is -2.33. The van der Waals surface area contributed by atoms with E-state index in [-0.39, 0.29) is 0 Å². The molecule has 14 heavy (non-hydrogen) atoms. The maximum Gasteiger partial charge on any atom is 0.216 e. The minimum Gasteiger partial charge on any atom is -0.115 e. The van der Waals surface area contributed by atoms with E-state index in [0.717, 1.165) is 12.8 Å². The maximum atomic E-state index is 3.53. The van der Waals surface area contributed by atoms with Crippen molar-refractivity contribution in [1.29, 1.82) is 0 Å². The Hall–Kier alpha value is -0.663. The van der Waals surface area contributed by atoms with Crippen molar-refractivity contribution in [3.63, 3.8) is 0 Å². The van der Waals surface area contributed by atoms with Gasteiger partial charge in [-0.2, -0.15) is 0 Å². The first-order valence-corrected chi connectivity index (χ1v) is 8.24. The average molecular weight is 204 g/mol. The van der Waals surface area contributed by atoms with Gasteiger partial charge in [-0.15, -0.1) is 22.9 Å². The molecule has 1 heterocycles. The molecule has 1 saturated heterocycles. The number of hydrogen-bond donors (Lipinski definition) is 0. The monoisotopic (exact) mass is 204 g/mol. The molecule has 1 heteroatoms. The number of rotatable bonds is 0. The largest absolute Gasteiger partial charge is 0.216 e. The van der Waals surface area contributed by atoms with Crippen LogP contribution in [0.15, 0.2) is 0 Å². The first-order valence-electron chi connectivity index (χ1n) is 5.83. The van der Waals surface area contributed by atoms with Crippen LogP contribution in [0.5, 0.6) is 0 Å². The Morgan fingerprint density at radius 2 is 1.36 bits per heavy atom. The minimum atomic E-state index is -1.45. The second-order valence-corrected chi connectivity index (χ2v) is 7.62. The molecule has 0 amide bonds. The van der Waals surface area contributed by atoms with E-state index in [1.807, 2.05) is 0 Å². The first-order chi connectivity index (χ1) is 6.83. The zero-order valence-corrected chi connectivity index (χ0v) is 10.4. The SMILES string of the molecule is CCC#C[Si]1(C#CCC)CCCCC1. The lowest BCUT2D eigenvalue weighted by Gasteiger charge is -2.24. The standard InChI is InChI=1S/C13H20Si/c1-3-5-10-14(11-6-4-2)12-8-7-9-13-14/h3-4,7-9,12-13H2,1-2H3. The van der Waals surface area contributed by atoms with Crippen LogP contribution in [0, 0.1) is 22.9 Å². The van der Waals surface area contributed by atoms with Gasteiger partial charge in [0.05, 0.1) is 0 Å². The highest BCUT2D eigenvalue weighted by Gasteiger charge is 2.31. The fraction of sp³-hybridized carbons (Fsp3) is 0.692. The molecule has 0 bridgehead atoms. The molecule has 0 aromatic heterocycles. The van der Waals surface area contributed by atoms with Crippen molar-refractivity contribution in [2.24, 2.45) is 0 Å². The summed E-state index contributed by atoms with van der Waals surface area (Å²) < 4.78 is 0. The van der Waals surface area contributed by atoms with Crippen LogP contribution in [0.3, 0.4) is 0 Å². The van der Waals surface area contributed by atoms with Crippen LogP contribution in [0.2, 0.25) is 12.1 Å². The molecule has 0 spiro atoms. The van der Waals surface area contributed by atoms with Gasteiger partial charge >= 0.3 is 0 Å². The summed E-state index contributed by atoms with van der Waals surface area (Å²) in [5.41, 5.74) is 7.07. The third-order valence-corrected chi connectivity index (χ3v) is 6.44. The van der Waals surface area contributed by atoms with E-state index >= 15 is 0 Å². The van der Waals surface area contributed by atoms with Crippen molar-refractivity contribution in [3.05, 3.63) is 0 Å². The van der Waals surface area contributed by atoms with Crippen LogP contribution >= 0.6 is 0 Å². The van der Waals surface area contributed by atoms with Gasteiger partial charge in [-0.05, 0) is 12.1 Å². The highest BCUT2D eigenvalue weighted by Crippen LogP contribution is 2.27. The van der Waals surface area contributed by atoms with Gasteiger partial charge in [-0.1, -0.05) is 33.1 Å². The molecule has 1 aliphatic heterocycles. The fourth-order valence-electron chi connectivity index (χ4n) is 1.95. The minimum absolute atomic E-state index is 0.989. The summed E-state index contributed by atoms with van der Waals surface area (Å²) in [5, 5.41) is 0. The van der Waals surface area contributed by atoms with Gasteiger partial charge in [-0.25, -0.2) is 0 Å². The Kier molecular flexibility index (Phi) is 4.84. The van der Waals surface area contributed by atoms with E-state index in [4.69, 9.17) is 0 Å². The Bertz CT molecular complexity index is 252. The Balaban J connectivity index is 2.77. The molecule has 0 radical (unpaired) electrons. The molecule has 0 N–H and O–H groups in total. The van der Waals surface area contributed by atoms with Crippen molar-refractivity contribution in [2.45, 2.75) is 58.0 Å². The van der Waals surface area contributed by atoms with Crippen molar-refractivity contribution in [3.8, 4) is 22.9 Å². The summed E-state index contributed by atoms with van der Waals surface area (Å²) >= 11 is 0. The average Bonchev–Trinajstić information content (AvgIpc) is 2.25. The van der Waals surface area contributed by atoms with E-state index in [2.05, 4.69) is 36.8 Å². The third-order valence-electron chi connectivity index (χ3n) is 2.72. The van der Waals surface area contributed by atoms with Gasteiger partial charge in [0.25, 0.3) is 0 Å². The predicted molar refractivity (Wildman–Crippen MR) is 65.4 cm³/mol. The molecule has 0 unspecified atom stereocenters. The second kappa shape index (κ2) is 5.94. The summed E-state index contributed by atoms with van der Waals surface area (Å²) in [5.74, 6) is 6.55. The molecule has 76 valence electrons. The van der Waals surface area contributed by atoms with Crippen LogP contribution in [0.1, 0.15) is 46.0 Å². The van der Waals surface area contributed by atoms with Crippen LogP contribution in [-0.4, -0.2) is 8.07 Å². The van der Waals surface area contributed by atoms with Crippen molar-refractivity contribution in [1.82, 2.24) is 0 Å². The molecule has 0 aromatic carbocycles. The third kappa shape index (κ3) is 3.24. The van der Waals surface area contributed by atoms with E-state index in [1.165, 1.54) is 31.4 Å². The summed E-state index contributed by atoms with van der Waals surface area (Å²) in [7, 11) is -1.45. The lowest BCUT2D eigenvalue weighted by atomic mass is 10.3. The normalized spacial score (nSPS) is 18.7. The van der Waals surface area contributed by atoms with Crippen molar-refractivity contribution in [2.75, 3.05) is 0 Å². The quantitative estimate of drug-likeness (QED) is 0.418. The van der Waals surface area contributed by atoms with Crippen LogP contribution in [0.25, 0.3) is 0 Å². The van der Waals surface area contributed by atoms with Crippen LogP contribution in [-0.2, 0) is 0 Å². The number of hydrogen-bond acceptors (Lipinski definition) is 0. The van der Waals surface area contributed by atoms with Gasteiger partial charge in [0.1, 0.15) is 0 Å². The zero-order chi connectivity index (χ0) is 10.3. The van der Waals surface area contributed by atoms with Crippen LogP contribution in [0.4, 0.5) is 0 Å². The molecule has 0 atom stereocenters. The summed E-state index contributed by atoms with van der Waals surface area (Å²) in [4.78, 5) is 0. The molecule has 0 saturated carbocycles. The lowest BCUT2D eigenvalue weighted by molar-refractivity contribution is 0.722. The van der Waals surface area contributed by atoms with Crippen LogP contribution < -0.4 is 0 Å². The second-order valence-electron chi connectivity index (χ2n) is 3.95. The van der Waals surface area contributed by atoms with Gasteiger partial charge < -0.3 is 0 Å². The Labute approximate surface area is 89.5 Å². The Morgan fingerprint density at radius 3 is 1.79 bits per heavy atom. The predicted octanol–water partition coefficient (Wildman–Crippen LogP) is 3.52. The molecule has 1 aliphatic rings. The van der Waals surface area contributed by atoms with E-state index in [1.54, 1.807) is 0 Å². The maximum absolute atomic E-state index is 3.53. The fourth-order valence-corrected chi connectivity index (χ4v) is 5.50. The van der Waals surface area contributed by atoms with Crippen molar-refractivity contribution < 1.29 is 0 Å². The summed E-state index contributed by atoms with van der Waals surface area (Å²) in [6.45, 7) is 4.26. The van der Waals surface area contributed by atoms with Gasteiger partial charge in [0, 0.05) is 12.8 Å². The summed E-state index contributed by atoms with van der Waals surface area (Å²) in [6, 6.07) is 2.65. The van der Waals surface area contributed by atoms with Crippen molar-refractivity contribution >= 4 is 8.07 Å². The van der Waals surface area contributed by atoms with E-state index in [9.17, 15) is 0 Å². The highest BCUT2D eigenvalue weighted by atomic mass is 28.3. The van der Waals surface area contributed by atoms with Gasteiger partial charge in [0.15, 0.2) is 0 Å². The molecule has 1 rings (SSSR count). The molecular weight excluding hydrogens is 184 g/mol. The smallest absolute Gasteiger partial charge is 0.115 e. The summed E-state index contributed by atoms with van der Waals surface area (Å²) in [6.07, 6.45) is 6.10. The molecular formula is C13H20Si. The molecule has 1 fully saturated rings. The van der Waals surface area contributed by atoms with Gasteiger partial charge in [-0.3, -0.25) is 0 Å². The first kappa shape index (κ1) is 11.4. The molecule has 0 aromatic rings. The molecule has 0 aliphatic carbocycles. The Morgan fingerprint density at radius 1 is 0.857 bits per heavy atom. The molecule has 0 nitrogen and oxygen atoms in total. The highest BCUT2D eigenvalue weighted by molar-refractivity contribution is 6.94.